The van der Waals surface area contributed by atoms with E-state index >= 15 is 0 Å². The largest absolute Gasteiger partial charge is 0.462 e. The van der Waals surface area contributed by atoms with Gasteiger partial charge >= 0.3 is 5.97 Å². The fraction of sp³-hybridized carbons (Fsp3) is 0.280. The van der Waals surface area contributed by atoms with Crippen LogP contribution in [0.3, 0.4) is 0 Å². The quantitative estimate of drug-likeness (QED) is 0.303. The number of esters is 1. The Morgan fingerprint density at radius 3 is 2.82 bits per heavy atom. The zero-order valence-corrected chi connectivity index (χ0v) is 20.6. The van der Waals surface area contributed by atoms with Crippen molar-refractivity contribution in [1.29, 1.82) is 0 Å². The molecular formula is C25H23BrN2O4S. The maximum Gasteiger partial charge on any atom is 0.341 e. The molecule has 0 spiro atoms. The van der Waals surface area contributed by atoms with E-state index in [1.165, 1.54) is 10.4 Å². The number of carbonyl (C=O) groups excluding carboxylic acids is 1. The van der Waals surface area contributed by atoms with Crippen molar-refractivity contribution >= 4 is 44.5 Å². The first kappa shape index (κ1) is 22.1. The average Bonchev–Trinajstić information content (AvgIpc) is 3.41. The Kier molecular flexibility index (Phi) is 6.48. The number of hydrogen-bond acceptors (Lipinski definition) is 7. The molecule has 0 bridgehead atoms. The third kappa shape index (κ3) is 4.69. The van der Waals surface area contributed by atoms with Gasteiger partial charge in [0.2, 0.25) is 6.79 Å². The Morgan fingerprint density at radius 1 is 1.24 bits per heavy atom. The molecule has 2 aliphatic rings. The summed E-state index contributed by atoms with van der Waals surface area (Å²) in [6, 6.07) is 14.2. The number of ether oxygens (including phenoxy) is 3. The van der Waals surface area contributed by atoms with E-state index in [2.05, 4.69) is 45.1 Å². The number of hydrogen-bond donors (Lipinski definition) is 0. The summed E-state index contributed by atoms with van der Waals surface area (Å²) in [6.45, 7) is 4.94. The second-order valence-electron chi connectivity index (χ2n) is 7.84. The van der Waals surface area contributed by atoms with Crippen molar-refractivity contribution in [1.82, 2.24) is 4.90 Å². The van der Waals surface area contributed by atoms with Crippen molar-refractivity contribution in [2.45, 2.75) is 26.4 Å². The molecule has 0 aliphatic carbocycles. The molecule has 0 N–H and O–H groups in total. The van der Waals surface area contributed by atoms with Gasteiger partial charge in [-0.3, -0.25) is 4.90 Å². The SMILES string of the molecule is CCOC(=O)c1c(N=Cc2cc3c(cc2Br)OCO3)sc2c1CCN(Cc1ccccc1)C2. The van der Waals surface area contributed by atoms with E-state index in [1.54, 1.807) is 17.6 Å². The molecule has 2 aromatic carbocycles. The summed E-state index contributed by atoms with van der Waals surface area (Å²) in [5, 5.41) is 0.685. The monoisotopic (exact) mass is 526 g/mol. The lowest BCUT2D eigenvalue weighted by Crippen LogP contribution is -2.29. The lowest BCUT2D eigenvalue weighted by atomic mass is 10.0. The highest BCUT2D eigenvalue weighted by molar-refractivity contribution is 9.10. The van der Waals surface area contributed by atoms with Gasteiger partial charge in [-0.15, -0.1) is 11.3 Å². The van der Waals surface area contributed by atoms with Crippen LogP contribution in [-0.4, -0.2) is 37.0 Å². The summed E-state index contributed by atoms with van der Waals surface area (Å²) >= 11 is 5.14. The Hall–Kier alpha value is -2.68. The molecular weight excluding hydrogens is 504 g/mol. The van der Waals surface area contributed by atoms with Gasteiger partial charge in [-0.1, -0.05) is 30.3 Å². The Bertz CT molecular complexity index is 1210. The maximum atomic E-state index is 12.9. The van der Waals surface area contributed by atoms with Crippen molar-refractivity contribution in [3.8, 4) is 11.5 Å². The van der Waals surface area contributed by atoms with E-state index in [0.717, 1.165) is 41.7 Å². The third-order valence-corrected chi connectivity index (χ3v) is 7.47. The zero-order valence-electron chi connectivity index (χ0n) is 18.2. The van der Waals surface area contributed by atoms with Gasteiger partial charge in [0.1, 0.15) is 5.00 Å². The fourth-order valence-electron chi connectivity index (χ4n) is 4.08. The number of halogens is 1. The van der Waals surface area contributed by atoms with Gasteiger partial charge in [0.15, 0.2) is 11.5 Å². The molecule has 2 aliphatic heterocycles. The lowest BCUT2D eigenvalue weighted by molar-refractivity contribution is 0.0526. The van der Waals surface area contributed by atoms with E-state index in [4.69, 9.17) is 19.2 Å². The molecule has 1 aromatic heterocycles. The van der Waals surface area contributed by atoms with Crippen molar-refractivity contribution in [2.75, 3.05) is 19.9 Å². The maximum absolute atomic E-state index is 12.9. The van der Waals surface area contributed by atoms with Crippen molar-refractivity contribution in [2.24, 2.45) is 4.99 Å². The summed E-state index contributed by atoms with van der Waals surface area (Å²) in [5.74, 6) is 1.09. The Morgan fingerprint density at radius 2 is 2.03 bits per heavy atom. The number of rotatable bonds is 6. The highest BCUT2D eigenvalue weighted by Gasteiger charge is 2.28. The first-order valence-electron chi connectivity index (χ1n) is 10.8. The van der Waals surface area contributed by atoms with Crippen LogP contribution in [0, 0.1) is 0 Å². The molecule has 0 radical (unpaired) electrons. The van der Waals surface area contributed by atoms with Gasteiger partial charge in [-0.05, 0) is 52.5 Å². The van der Waals surface area contributed by atoms with Crippen molar-refractivity contribution in [3.63, 3.8) is 0 Å². The number of benzene rings is 2. The number of carbonyl (C=O) groups is 1. The van der Waals surface area contributed by atoms with Crippen LogP contribution in [0.2, 0.25) is 0 Å². The summed E-state index contributed by atoms with van der Waals surface area (Å²) in [5.41, 5.74) is 3.81. The molecule has 33 heavy (non-hydrogen) atoms. The van der Waals surface area contributed by atoms with Crippen molar-refractivity contribution in [3.05, 3.63) is 74.1 Å². The number of nitrogens with zero attached hydrogens (tertiary/aromatic N) is 2. The minimum absolute atomic E-state index is 0.215. The Balaban J connectivity index is 1.44. The molecule has 170 valence electrons. The summed E-state index contributed by atoms with van der Waals surface area (Å²) < 4.78 is 17.1. The molecule has 3 heterocycles. The molecule has 0 saturated heterocycles. The average molecular weight is 527 g/mol. The zero-order chi connectivity index (χ0) is 22.8. The van der Waals surface area contributed by atoms with E-state index in [0.29, 0.717) is 28.7 Å². The van der Waals surface area contributed by atoms with Crippen LogP contribution < -0.4 is 9.47 Å². The molecule has 0 amide bonds. The van der Waals surface area contributed by atoms with Crippen LogP contribution in [0.5, 0.6) is 11.5 Å². The van der Waals surface area contributed by atoms with Crippen LogP contribution in [-0.2, 0) is 24.2 Å². The highest BCUT2D eigenvalue weighted by Crippen LogP contribution is 2.41. The van der Waals surface area contributed by atoms with E-state index in [1.807, 2.05) is 25.1 Å². The van der Waals surface area contributed by atoms with Gasteiger partial charge in [0.25, 0.3) is 0 Å². The first-order chi connectivity index (χ1) is 16.1. The van der Waals surface area contributed by atoms with Crippen molar-refractivity contribution < 1.29 is 19.0 Å². The van der Waals surface area contributed by atoms with Gasteiger partial charge < -0.3 is 14.2 Å². The summed E-state index contributed by atoms with van der Waals surface area (Å²) in [7, 11) is 0. The molecule has 3 aromatic rings. The van der Waals surface area contributed by atoms with Gasteiger partial charge in [0, 0.05) is 40.8 Å². The second kappa shape index (κ2) is 9.67. The minimum Gasteiger partial charge on any atom is -0.462 e. The normalized spacial score (nSPS) is 15.1. The van der Waals surface area contributed by atoms with E-state index in [-0.39, 0.29) is 12.8 Å². The number of aliphatic imine (C=N–C) groups is 1. The molecule has 0 fully saturated rings. The first-order valence-corrected chi connectivity index (χ1v) is 12.4. The topological polar surface area (TPSA) is 60.4 Å². The van der Waals surface area contributed by atoms with E-state index < -0.39 is 0 Å². The lowest BCUT2D eigenvalue weighted by Gasteiger charge is -2.27. The molecule has 0 saturated carbocycles. The second-order valence-corrected chi connectivity index (χ2v) is 9.77. The van der Waals surface area contributed by atoms with Gasteiger partial charge in [-0.25, -0.2) is 9.79 Å². The van der Waals surface area contributed by atoms with E-state index in [9.17, 15) is 4.79 Å². The standard InChI is InChI=1S/C25H23BrN2O4S/c1-2-30-25(29)23-18-8-9-28(13-16-6-4-3-5-7-16)14-22(18)33-24(23)27-12-17-10-20-21(11-19(17)26)32-15-31-20/h3-7,10-12H,2,8-9,13-15H2,1H3. The molecule has 0 unspecified atom stereocenters. The predicted molar refractivity (Wildman–Crippen MR) is 132 cm³/mol. The predicted octanol–water partition coefficient (Wildman–Crippen LogP) is 5.72. The smallest absolute Gasteiger partial charge is 0.341 e. The molecule has 8 heteroatoms. The van der Waals surface area contributed by atoms with Crippen LogP contribution in [0.1, 0.15) is 38.8 Å². The summed E-state index contributed by atoms with van der Waals surface area (Å²) in [4.78, 5) is 21.2. The highest BCUT2D eigenvalue weighted by atomic mass is 79.9. The Labute approximate surface area is 204 Å². The molecule has 0 atom stereocenters. The molecule has 5 rings (SSSR count). The number of thiophene rings is 1. The van der Waals surface area contributed by atoms with Gasteiger partial charge in [-0.2, -0.15) is 0 Å². The third-order valence-electron chi connectivity index (χ3n) is 5.66. The van der Waals surface area contributed by atoms with Crippen LogP contribution >= 0.6 is 27.3 Å². The summed E-state index contributed by atoms with van der Waals surface area (Å²) in [6.07, 6.45) is 2.56. The van der Waals surface area contributed by atoms with Crippen LogP contribution in [0.4, 0.5) is 5.00 Å². The van der Waals surface area contributed by atoms with Crippen LogP contribution in [0.25, 0.3) is 0 Å². The molecule has 6 nitrogen and oxygen atoms in total. The fourth-order valence-corrected chi connectivity index (χ4v) is 5.73. The number of fused-ring (bicyclic) bond motifs is 2. The minimum atomic E-state index is -0.302. The van der Waals surface area contributed by atoms with Gasteiger partial charge in [0.05, 0.1) is 12.2 Å². The van der Waals surface area contributed by atoms with Crippen LogP contribution in [0.15, 0.2) is 51.9 Å².